The van der Waals surface area contributed by atoms with E-state index in [1.807, 2.05) is 16.7 Å². The first-order chi connectivity index (χ1) is 8.22. The van der Waals surface area contributed by atoms with E-state index in [1.165, 1.54) is 0 Å². The lowest BCUT2D eigenvalue weighted by Crippen LogP contribution is -2.62. The van der Waals surface area contributed by atoms with E-state index in [0.29, 0.717) is 23.4 Å². The van der Waals surface area contributed by atoms with Gasteiger partial charge in [-0.25, -0.2) is 0 Å². The molecular weight excluding hydrogens is 238 g/mol. The molecule has 0 unspecified atom stereocenters. The monoisotopic (exact) mass is 257 g/mol. The minimum Gasteiger partial charge on any atom is -0.381 e. The molecule has 3 aliphatic heterocycles. The molecule has 3 rings (SSSR count). The molecule has 0 radical (unpaired) electrons. The number of thioether (sulfide) groups is 1. The summed E-state index contributed by atoms with van der Waals surface area (Å²) < 4.78 is 11.0. The lowest BCUT2D eigenvalue weighted by molar-refractivity contribution is -0.141. The van der Waals surface area contributed by atoms with Crippen LogP contribution in [0.1, 0.15) is 12.8 Å². The van der Waals surface area contributed by atoms with Crippen molar-refractivity contribution in [3.05, 3.63) is 0 Å². The summed E-state index contributed by atoms with van der Waals surface area (Å²) in [5, 5.41) is 0. The first kappa shape index (κ1) is 11.8. The first-order valence-corrected chi connectivity index (χ1v) is 7.24. The van der Waals surface area contributed by atoms with Crippen molar-refractivity contribution in [1.29, 1.82) is 0 Å². The minimum absolute atomic E-state index is 0.122. The molecule has 17 heavy (non-hydrogen) atoms. The standard InChI is InChI=1S/C12H19NO3S/c1-15-10-4-12(17-6-10)7-13(8-12)11(14)9-2-3-16-5-9/h9-10H,2-8H2,1H3/t9-,10-/m1/s1. The minimum atomic E-state index is 0.122. The molecule has 96 valence electrons. The lowest BCUT2D eigenvalue weighted by atomic mass is 9.91. The van der Waals surface area contributed by atoms with Crippen molar-refractivity contribution in [3.63, 3.8) is 0 Å². The first-order valence-electron chi connectivity index (χ1n) is 6.26. The Hall–Kier alpha value is -0.260. The van der Waals surface area contributed by atoms with E-state index in [2.05, 4.69) is 0 Å². The van der Waals surface area contributed by atoms with Gasteiger partial charge in [0.15, 0.2) is 0 Å². The van der Waals surface area contributed by atoms with Gasteiger partial charge in [-0.15, -0.1) is 11.8 Å². The van der Waals surface area contributed by atoms with Crippen LogP contribution in [0.2, 0.25) is 0 Å². The summed E-state index contributed by atoms with van der Waals surface area (Å²) in [5.41, 5.74) is 0. The number of ether oxygens (including phenoxy) is 2. The number of likely N-dealkylation sites (tertiary alicyclic amines) is 1. The van der Waals surface area contributed by atoms with Gasteiger partial charge < -0.3 is 14.4 Å². The highest BCUT2D eigenvalue weighted by atomic mass is 32.2. The van der Waals surface area contributed by atoms with Crippen molar-refractivity contribution in [2.45, 2.75) is 23.7 Å². The molecule has 1 spiro atoms. The Morgan fingerprint density at radius 1 is 1.53 bits per heavy atom. The molecule has 4 nitrogen and oxygen atoms in total. The Kier molecular flexibility index (Phi) is 3.09. The van der Waals surface area contributed by atoms with Gasteiger partial charge in [-0.2, -0.15) is 0 Å². The highest BCUT2D eigenvalue weighted by Crippen LogP contribution is 2.46. The van der Waals surface area contributed by atoms with Gasteiger partial charge in [-0.3, -0.25) is 4.79 Å². The van der Waals surface area contributed by atoms with Gasteiger partial charge in [-0.05, 0) is 12.8 Å². The Bertz CT molecular complexity index is 311. The van der Waals surface area contributed by atoms with Crippen LogP contribution >= 0.6 is 11.8 Å². The van der Waals surface area contributed by atoms with Crippen molar-refractivity contribution >= 4 is 17.7 Å². The maximum atomic E-state index is 12.1. The van der Waals surface area contributed by atoms with E-state index < -0.39 is 0 Å². The van der Waals surface area contributed by atoms with Crippen LogP contribution in [0.4, 0.5) is 0 Å². The average molecular weight is 257 g/mol. The molecule has 0 aromatic heterocycles. The van der Waals surface area contributed by atoms with Crippen LogP contribution < -0.4 is 0 Å². The molecule has 5 heteroatoms. The molecule has 0 aliphatic carbocycles. The van der Waals surface area contributed by atoms with Gasteiger partial charge in [0.05, 0.1) is 23.4 Å². The maximum absolute atomic E-state index is 12.1. The summed E-state index contributed by atoms with van der Waals surface area (Å²) in [6.07, 6.45) is 2.38. The quantitative estimate of drug-likeness (QED) is 0.732. The highest BCUT2D eigenvalue weighted by Gasteiger charge is 2.51. The zero-order valence-electron chi connectivity index (χ0n) is 10.2. The van der Waals surface area contributed by atoms with E-state index >= 15 is 0 Å². The van der Waals surface area contributed by atoms with Crippen molar-refractivity contribution < 1.29 is 14.3 Å². The van der Waals surface area contributed by atoms with Crippen LogP contribution in [0, 0.1) is 5.92 Å². The molecule has 3 fully saturated rings. The number of nitrogens with zero attached hydrogens (tertiary/aromatic N) is 1. The van der Waals surface area contributed by atoms with Crippen LogP contribution in [0.3, 0.4) is 0 Å². The van der Waals surface area contributed by atoms with Crippen LogP contribution in [0.15, 0.2) is 0 Å². The van der Waals surface area contributed by atoms with E-state index in [-0.39, 0.29) is 5.92 Å². The second-order valence-electron chi connectivity index (χ2n) is 5.31. The van der Waals surface area contributed by atoms with Gasteiger partial charge in [0.1, 0.15) is 0 Å². The number of hydrogen-bond acceptors (Lipinski definition) is 4. The van der Waals surface area contributed by atoms with Gasteiger partial charge in [-0.1, -0.05) is 0 Å². The fourth-order valence-electron chi connectivity index (χ4n) is 2.97. The molecule has 2 atom stereocenters. The van der Waals surface area contributed by atoms with Crippen LogP contribution in [0.5, 0.6) is 0 Å². The predicted octanol–water partition coefficient (Wildman–Crippen LogP) is 0.756. The molecule has 3 saturated heterocycles. The van der Waals surface area contributed by atoms with Gasteiger partial charge >= 0.3 is 0 Å². The number of amides is 1. The second-order valence-corrected chi connectivity index (χ2v) is 6.80. The summed E-state index contributed by atoms with van der Waals surface area (Å²) in [6.45, 7) is 3.19. The number of methoxy groups -OCH3 is 1. The number of carbonyl (C=O) groups excluding carboxylic acids is 1. The second kappa shape index (κ2) is 4.44. The Morgan fingerprint density at radius 3 is 2.94 bits per heavy atom. The summed E-state index contributed by atoms with van der Waals surface area (Å²) in [7, 11) is 1.78. The molecule has 0 N–H and O–H groups in total. The number of carbonyl (C=O) groups is 1. The summed E-state index contributed by atoms with van der Waals surface area (Å²) in [6, 6.07) is 0. The zero-order chi connectivity index (χ0) is 11.9. The maximum Gasteiger partial charge on any atom is 0.228 e. The Balaban J connectivity index is 1.52. The Morgan fingerprint density at radius 2 is 2.35 bits per heavy atom. The third kappa shape index (κ3) is 2.09. The molecule has 0 aromatic carbocycles. The van der Waals surface area contributed by atoms with E-state index in [0.717, 1.165) is 38.3 Å². The molecule has 0 bridgehead atoms. The third-order valence-corrected chi connectivity index (χ3v) is 5.63. The van der Waals surface area contributed by atoms with Gasteiger partial charge in [0, 0.05) is 32.6 Å². The van der Waals surface area contributed by atoms with Crippen LogP contribution in [-0.4, -0.2) is 60.8 Å². The summed E-state index contributed by atoms with van der Waals surface area (Å²) in [5.74, 6) is 1.50. The summed E-state index contributed by atoms with van der Waals surface area (Å²) in [4.78, 5) is 14.1. The fraction of sp³-hybridized carbons (Fsp3) is 0.917. The van der Waals surface area contributed by atoms with Crippen LogP contribution in [0.25, 0.3) is 0 Å². The molecule has 0 saturated carbocycles. The predicted molar refractivity (Wildman–Crippen MR) is 66.1 cm³/mol. The highest BCUT2D eigenvalue weighted by molar-refractivity contribution is 8.01. The van der Waals surface area contributed by atoms with Crippen molar-refractivity contribution in [3.8, 4) is 0 Å². The molecule has 0 aromatic rings. The summed E-state index contributed by atoms with van der Waals surface area (Å²) >= 11 is 1.98. The number of rotatable bonds is 2. The SMILES string of the molecule is CO[C@H]1CSC2(C1)CN(C(=O)[C@@H]1CCOC1)C2. The molecule has 3 aliphatic rings. The number of hydrogen-bond donors (Lipinski definition) is 0. The van der Waals surface area contributed by atoms with E-state index in [9.17, 15) is 4.79 Å². The smallest absolute Gasteiger partial charge is 0.228 e. The third-order valence-electron chi connectivity index (χ3n) is 4.06. The normalized spacial score (nSPS) is 35.2. The largest absolute Gasteiger partial charge is 0.381 e. The van der Waals surface area contributed by atoms with Crippen molar-refractivity contribution in [1.82, 2.24) is 4.90 Å². The van der Waals surface area contributed by atoms with Crippen molar-refractivity contribution in [2.24, 2.45) is 5.92 Å². The molecule has 1 amide bonds. The molecular formula is C12H19NO3S. The van der Waals surface area contributed by atoms with E-state index in [4.69, 9.17) is 9.47 Å². The van der Waals surface area contributed by atoms with Gasteiger partial charge in [0.2, 0.25) is 5.91 Å². The van der Waals surface area contributed by atoms with Crippen molar-refractivity contribution in [2.75, 3.05) is 39.2 Å². The average Bonchev–Trinajstić information content (AvgIpc) is 2.95. The topological polar surface area (TPSA) is 38.8 Å². The lowest BCUT2D eigenvalue weighted by Gasteiger charge is -2.48. The fourth-order valence-corrected chi connectivity index (χ4v) is 4.56. The molecule has 3 heterocycles. The zero-order valence-corrected chi connectivity index (χ0v) is 11.0. The Labute approximate surface area is 106 Å². The van der Waals surface area contributed by atoms with E-state index in [1.54, 1.807) is 7.11 Å². The van der Waals surface area contributed by atoms with Gasteiger partial charge in [0.25, 0.3) is 0 Å². The van der Waals surface area contributed by atoms with Crippen LogP contribution in [-0.2, 0) is 14.3 Å².